The molecule has 2 saturated carbocycles. The number of hydrogen-bond donors (Lipinski definition) is 3. The molecule has 4 saturated heterocycles. The highest BCUT2D eigenvalue weighted by atomic mass is 19.3. The lowest BCUT2D eigenvalue weighted by molar-refractivity contribution is -0.134. The molecule has 0 spiro atoms. The van der Waals surface area contributed by atoms with Crippen molar-refractivity contribution < 1.29 is 37.0 Å². The van der Waals surface area contributed by atoms with E-state index < -0.39 is 36.2 Å². The van der Waals surface area contributed by atoms with Gasteiger partial charge in [-0.2, -0.15) is 15.3 Å². The molecule has 5 aromatic rings. The summed E-state index contributed by atoms with van der Waals surface area (Å²) in [5.74, 6) is 5.67. The van der Waals surface area contributed by atoms with E-state index in [9.17, 15) is 23.2 Å². The summed E-state index contributed by atoms with van der Waals surface area (Å²) in [6, 6.07) is 8.45. The lowest BCUT2D eigenvalue weighted by Crippen LogP contribution is -2.63. The molecule has 6 aliphatic rings. The van der Waals surface area contributed by atoms with Gasteiger partial charge >= 0.3 is 0 Å². The van der Waals surface area contributed by atoms with Gasteiger partial charge in [-0.25, -0.2) is 22.7 Å². The monoisotopic (exact) mass is 922 g/mol. The van der Waals surface area contributed by atoms with Gasteiger partial charge in [-0.05, 0) is 69.4 Å². The number of alkyl halides is 3. The molecule has 0 bridgehead atoms. The number of nitrogens with zero attached hydrogens (tertiary/aromatic N) is 9. The summed E-state index contributed by atoms with van der Waals surface area (Å²) in [5, 5.41) is 22.9. The number of anilines is 2. The van der Waals surface area contributed by atoms with Crippen molar-refractivity contribution in [2.45, 2.75) is 107 Å². The van der Waals surface area contributed by atoms with E-state index in [1.807, 2.05) is 28.9 Å². The van der Waals surface area contributed by atoms with Crippen LogP contribution < -0.4 is 20.9 Å². The van der Waals surface area contributed by atoms with Crippen LogP contribution >= 0.6 is 0 Å². The maximum atomic E-state index is 15.6. The third kappa shape index (κ3) is 9.01. The number of carbonyl (C=O) groups excluding carboxylic acids is 3. The van der Waals surface area contributed by atoms with Crippen LogP contribution in [0.5, 0.6) is 0 Å². The van der Waals surface area contributed by atoms with E-state index in [0.29, 0.717) is 54.5 Å². The number of carbonyl (C=O) groups is 3. The second-order valence-corrected chi connectivity index (χ2v) is 18.9. The largest absolute Gasteiger partial charge is 0.378 e. The van der Waals surface area contributed by atoms with Gasteiger partial charge in [0.1, 0.15) is 24.2 Å². The normalized spacial score (nSPS) is 25.3. The number of halogens is 3. The summed E-state index contributed by atoms with van der Waals surface area (Å²) < 4.78 is 60.5. The molecule has 3 atom stereocenters. The minimum absolute atomic E-state index is 0.0432. The van der Waals surface area contributed by atoms with Crippen molar-refractivity contribution in [2.24, 2.45) is 5.92 Å². The summed E-state index contributed by atoms with van der Waals surface area (Å²) in [6.45, 7) is 4.75. The maximum absolute atomic E-state index is 15.6. The van der Waals surface area contributed by atoms with Crippen molar-refractivity contribution in [1.82, 2.24) is 49.7 Å². The summed E-state index contributed by atoms with van der Waals surface area (Å²) in [7, 11) is 0. The number of ether oxygens (including phenoxy) is 2. The van der Waals surface area contributed by atoms with Crippen molar-refractivity contribution in [3.8, 4) is 11.8 Å². The Bertz CT molecular complexity index is 2740. The fourth-order valence-corrected chi connectivity index (χ4v) is 10.3. The van der Waals surface area contributed by atoms with E-state index in [2.05, 4.69) is 47.8 Å². The number of amides is 3. The van der Waals surface area contributed by atoms with Crippen LogP contribution in [0.1, 0.15) is 110 Å². The van der Waals surface area contributed by atoms with Gasteiger partial charge in [-0.1, -0.05) is 24.0 Å². The molecular formula is C47H53F3N12O5. The molecule has 1 unspecified atom stereocenters. The number of fused-ring (bicyclic) bond motifs is 2. The Balaban J connectivity index is 0.659. The number of aromatic nitrogens is 7. The van der Waals surface area contributed by atoms with Crippen LogP contribution in [0.15, 0.2) is 42.9 Å². The number of imide groups is 1. The van der Waals surface area contributed by atoms with Crippen molar-refractivity contribution >= 4 is 45.8 Å². The third-order valence-electron chi connectivity index (χ3n) is 14.2. The molecule has 11 rings (SSSR count). The molecule has 0 radical (unpaired) electrons. The quantitative estimate of drug-likeness (QED) is 0.110. The van der Waals surface area contributed by atoms with Crippen molar-refractivity contribution in [2.75, 3.05) is 62.8 Å². The van der Waals surface area contributed by atoms with Crippen LogP contribution in [0.3, 0.4) is 0 Å². The molecule has 3 N–H and O–H groups in total. The molecular weight excluding hydrogens is 870 g/mol. The van der Waals surface area contributed by atoms with Gasteiger partial charge in [0.25, 0.3) is 12.3 Å². The maximum Gasteiger partial charge on any atom is 0.284 e. The minimum Gasteiger partial charge on any atom is -0.378 e. The zero-order valence-corrected chi connectivity index (χ0v) is 37.0. The molecule has 8 heterocycles. The molecule has 352 valence electrons. The van der Waals surface area contributed by atoms with Crippen LogP contribution in [-0.2, 0) is 19.1 Å². The molecule has 17 nitrogen and oxygen atoms in total. The van der Waals surface area contributed by atoms with Crippen molar-refractivity contribution in [1.29, 1.82) is 0 Å². The molecule has 4 aromatic heterocycles. The molecule has 3 amide bonds. The number of nitrogens with one attached hydrogen (secondary N) is 3. The third-order valence-corrected chi connectivity index (χ3v) is 14.2. The average Bonchev–Trinajstić information content (AvgIpc) is 3.71. The topological polar surface area (TPSA) is 178 Å². The molecule has 4 aliphatic heterocycles. The van der Waals surface area contributed by atoms with E-state index >= 15 is 4.39 Å². The van der Waals surface area contributed by atoms with Gasteiger partial charge in [0, 0.05) is 63.0 Å². The van der Waals surface area contributed by atoms with E-state index in [1.54, 1.807) is 10.9 Å². The van der Waals surface area contributed by atoms with Crippen LogP contribution in [0, 0.1) is 17.8 Å². The number of likely N-dealkylation sites (tertiary alicyclic amines) is 1. The Morgan fingerprint density at radius 2 is 1.81 bits per heavy atom. The van der Waals surface area contributed by atoms with E-state index in [1.165, 1.54) is 16.9 Å². The number of rotatable bonds is 13. The first-order chi connectivity index (χ1) is 32.6. The van der Waals surface area contributed by atoms with Crippen molar-refractivity contribution in [3.63, 3.8) is 0 Å². The van der Waals surface area contributed by atoms with Gasteiger partial charge in [0.2, 0.25) is 11.8 Å². The van der Waals surface area contributed by atoms with Crippen LogP contribution in [0.4, 0.5) is 24.7 Å². The highest BCUT2D eigenvalue weighted by Gasteiger charge is 2.37. The Kier molecular flexibility index (Phi) is 11.9. The predicted molar refractivity (Wildman–Crippen MR) is 239 cm³/mol. The van der Waals surface area contributed by atoms with Gasteiger partial charge in [0.15, 0.2) is 11.3 Å². The standard InChI is InChI=1S/C47H53F3N12O5/c48-36-23-58(16-14-38(36)67-18-2-4-28-3-1-5-33-41(34-12-13-40(63)55-46(34)64)57-62(43(28)33)32-10-11-32)20-27-6-8-31(9-7-27)61-24-37(42(56-61)44(49)50)53-47(65)35-19-51-60-17-15-39(54-45(35)60)59-21-29(22-59)52-30-25-66-26-30/h1,3,5,15,17,19,24,27,29-32,34,36,38,44,52H,6-14,16,18,20-23,25-26H2,(H,53,65)(H,55,63,64)/t27-,31-,34?,36-,38+/m1/s1. The van der Waals surface area contributed by atoms with Crippen molar-refractivity contribution in [3.05, 3.63) is 65.4 Å². The zero-order chi connectivity index (χ0) is 45.8. The zero-order valence-electron chi connectivity index (χ0n) is 37.0. The van der Waals surface area contributed by atoms with Gasteiger partial charge in [-0.3, -0.25) is 34.0 Å². The molecule has 6 fully saturated rings. The number of para-hydroxylation sites is 1. The first-order valence-corrected chi connectivity index (χ1v) is 23.5. The number of benzene rings is 1. The van der Waals surface area contributed by atoms with Gasteiger partial charge in [0.05, 0.1) is 72.0 Å². The molecule has 20 heteroatoms. The molecule has 2 aliphatic carbocycles. The smallest absolute Gasteiger partial charge is 0.284 e. The summed E-state index contributed by atoms with van der Waals surface area (Å²) >= 11 is 0. The number of piperidine rings is 2. The Labute approximate surface area is 384 Å². The second-order valence-electron chi connectivity index (χ2n) is 18.9. The van der Waals surface area contributed by atoms with E-state index in [-0.39, 0.29) is 54.7 Å². The highest BCUT2D eigenvalue weighted by Crippen LogP contribution is 2.41. The van der Waals surface area contributed by atoms with E-state index in [0.717, 1.165) is 87.8 Å². The fourth-order valence-electron chi connectivity index (χ4n) is 10.3. The number of hydrogen-bond acceptors (Lipinski definition) is 12. The Morgan fingerprint density at radius 3 is 2.55 bits per heavy atom. The highest BCUT2D eigenvalue weighted by molar-refractivity contribution is 6.08. The van der Waals surface area contributed by atoms with Crippen LogP contribution in [0.2, 0.25) is 0 Å². The Morgan fingerprint density at radius 1 is 0.985 bits per heavy atom. The van der Waals surface area contributed by atoms with Gasteiger partial charge < -0.3 is 25.0 Å². The van der Waals surface area contributed by atoms with Crippen LogP contribution in [0.25, 0.3) is 16.6 Å². The second kappa shape index (κ2) is 18.3. The summed E-state index contributed by atoms with van der Waals surface area (Å²) in [6.07, 6.45) is 6.31. The fraction of sp³-hybridized carbons (Fsp3) is 0.553. The minimum atomic E-state index is -2.90. The van der Waals surface area contributed by atoms with E-state index in [4.69, 9.17) is 19.6 Å². The first-order valence-electron chi connectivity index (χ1n) is 23.5. The molecule has 67 heavy (non-hydrogen) atoms. The predicted octanol–water partition coefficient (Wildman–Crippen LogP) is 4.71. The SMILES string of the molecule is O=C1CCC(c2nn(C3CC3)c3c(C#CCO[C@H]4CCN(C[C@H]5CC[C@H](n6cc(NC(=O)c7cnn8ccc(N9CC(NC%10COC%10)C9)nc78)c(C(F)F)n6)CC5)C[C@H]4F)cccc23)C(=O)N1. The Hall–Kier alpha value is -5.88. The first kappa shape index (κ1) is 43.7. The summed E-state index contributed by atoms with van der Waals surface area (Å²) in [4.78, 5) is 47.1. The summed E-state index contributed by atoms with van der Waals surface area (Å²) in [5.41, 5.74) is 2.28. The lowest BCUT2D eigenvalue weighted by Gasteiger charge is -2.43. The van der Waals surface area contributed by atoms with Gasteiger partial charge in [-0.15, -0.1) is 0 Å². The average molecular weight is 923 g/mol. The molecule has 1 aromatic carbocycles. The lowest BCUT2D eigenvalue weighted by atomic mass is 9.85. The van der Waals surface area contributed by atoms with Crippen LogP contribution in [-0.4, -0.2) is 134 Å².